The Hall–Kier alpha value is -1.91. The first kappa shape index (κ1) is 14.5. The van der Waals surface area contributed by atoms with E-state index < -0.39 is 17.5 Å². The summed E-state index contributed by atoms with van der Waals surface area (Å²) in [6.07, 6.45) is 7.47. The number of hydrogen-bond acceptors (Lipinski definition) is 2. The molecule has 0 unspecified atom stereocenters. The van der Waals surface area contributed by atoms with E-state index >= 15 is 0 Å². The van der Waals surface area contributed by atoms with Gasteiger partial charge in [0.25, 0.3) is 0 Å². The van der Waals surface area contributed by atoms with E-state index in [0.29, 0.717) is 0 Å². The van der Waals surface area contributed by atoms with Gasteiger partial charge in [0.15, 0.2) is 23.3 Å². The molecule has 0 spiro atoms. The first-order valence-corrected chi connectivity index (χ1v) is 6.57. The van der Waals surface area contributed by atoms with Crippen LogP contribution in [0.15, 0.2) is 24.5 Å². The van der Waals surface area contributed by atoms with Gasteiger partial charge in [-0.2, -0.15) is 0 Å². The first-order chi connectivity index (χ1) is 9.61. The number of aryl methyl sites for hydroxylation is 1. The fraction of sp³-hybridized carbons (Fsp3) is 0.333. The standard InChI is InChI=1S/C15H15F3N2/c1-2-3-4-5-10-8-19-15(20-9-10)11-6-12(16)14(18)13(17)7-11/h6-9H,2-5H2,1H3. The molecule has 106 valence electrons. The number of halogens is 3. The molecule has 0 radical (unpaired) electrons. The van der Waals surface area contributed by atoms with Crippen LogP contribution in [0.3, 0.4) is 0 Å². The molecule has 0 atom stereocenters. The van der Waals surface area contributed by atoms with Gasteiger partial charge in [-0.15, -0.1) is 0 Å². The molecule has 1 aromatic carbocycles. The van der Waals surface area contributed by atoms with Gasteiger partial charge in [0.05, 0.1) is 0 Å². The fourth-order valence-corrected chi connectivity index (χ4v) is 1.90. The maximum absolute atomic E-state index is 13.1. The molecular formula is C15H15F3N2. The Morgan fingerprint density at radius 2 is 1.55 bits per heavy atom. The second-order valence-corrected chi connectivity index (χ2v) is 4.63. The smallest absolute Gasteiger partial charge is 0.194 e. The average Bonchev–Trinajstić information content (AvgIpc) is 2.45. The molecule has 5 heteroatoms. The van der Waals surface area contributed by atoms with Crippen molar-refractivity contribution < 1.29 is 13.2 Å². The monoisotopic (exact) mass is 280 g/mol. The third kappa shape index (κ3) is 3.35. The number of hydrogen-bond donors (Lipinski definition) is 0. The van der Waals surface area contributed by atoms with Crippen LogP contribution in [0.25, 0.3) is 11.4 Å². The lowest BCUT2D eigenvalue weighted by Gasteiger charge is -2.04. The average molecular weight is 280 g/mol. The lowest BCUT2D eigenvalue weighted by Crippen LogP contribution is -1.96. The molecular weight excluding hydrogens is 265 g/mol. The molecule has 0 saturated carbocycles. The Morgan fingerprint density at radius 1 is 0.950 bits per heavy atom. The number of unbranched alkanes of at least 4 members (excludes halogenated alkanes) is 2. The van der Waals surface area contributed by atoms with Gasteiger partial charge >= 0.3 is 0 Å². The minimum Gasteiger partial charge on any atom is -0.236 e. The van der Waals surface area contributed by atoms with Gasteiger partial charge in [-0.1, -0.05) is 19.8 Å². The highest BCUT2D eigenvalue weighted by atomic mass is 19.2. The summed E-state index contributed by atoms with van der Waals surface area (Å²) < 4.78 is 39.2. The molecule has 20 heavy (non-hydrogen) atoms. The number of aromatic nitrogens is 2. The molecule has 0 amide bonds. The van der Waals surface area contributed by atoms with Crippen molar-refractivity contribution in [3.05, 3.63) is 47.5 Å². The van der Waals surface area contributed by atoms with Crippen molar-refractivity contribution >= 4 is 0 Å². The Bertz CT molecular complexity index is 559. The zero-order valence-corrected chi connectivity index (χ0v) is 11.2. The van der Waals surface area contributed by atoms with Crippen molar-refractivity contribution in [3.63, 3.8) is 0 Å². The van der Waals surface area contributed by atoms with Crippen LogP contribution in [0.1, 0.15) is 31.7 Å². The Balaban J connectivity index is 2.17. The van der Waals surface area contributed by atoms with Gasteiger partial charge in [0.1, 0.15) is 0 Å². The molecule has 0 aliphatic carbocycles. The fourth-order valence-electron chi connectivity index (χ4n) is 1.90. The third-order valence-corrected chi connectivity index (χ3v) is 3.02. The highest BCUT2D eigenvalue weighted by molar-refractivity contribution is 5.54. The summed E-state index contributed by atoms with van der Waals surface area (Å²) >= 11 is 0. The lowest BCUT2D eigenvalue weighted by atomic mass is 10.1. The van der Waals surface area contributed by atoms with Crippen LogP contribution < -0.4 is 0 Å². The van der Waals surface area contributed by atoms with Gasteiger partial charge in [0, 0.05) is 18.0 Å². The maximum Gasteiger partial charge on any atom is 0.194 e. The highest BCUT2D eigenvalue weighted by Gasteiger charge is 2.12. The lowest BCUT2D eigenvalue weighted by molar-refractivity contribution is 0.447. The van der Waals surface area contributed by atoms with Crippen molar-refractivity contribution in [2.45, 2.75) is 32.6 Å². The zero-order chi connectivity index (χ0) is 14.5. The van der Waals surface area contributed by atoms with Crippen molar-refractivity contribution in [1.82, 2.24) is 9.97 Å². The van der Waals surface area contributed by atoms with Crippen LogP contribution in [-0.2, 0) is 6.42 Å². The number of benzene rings is 1. The van der Waals surface area contributed by atoms with Crippen molar-refractivity contribution in [2.75, 3.05) is 0 Å². The van der Waals surface area contributed by atoms with E-state index in [1.165, 1.54) is 0 Å². The second kappa shape index (κ2) is 6.50. The summed E-state index contributed by atoms with van der Waals surface area (Å²) in [5.74, 6) is -3.78. The van der Waals surface area contributed by atoms with Gasteiger partial charge in [-0.3, -0.25) is 0 Å². The summed E-state index contributed by atoms with van der Waals surface area (Å²) in [4.78, 5) is 8.15. The molecule has 2 rings (SSSR count). The Kier molecular flexibility index (Phi) is 4.71. The van der Waals surface area contributed by atoms with E-state index in [4.69, 9.17) is 0 Å². The van der Waals surface area contributed by atoms with E-state index in [0.717, 1.165) is 43.4 Å². The Morgan fingerprint density at radius 3 is 2.10 bits per heavy atom. The second-order valence-electron chi connectivity index (χ2n) is 4.63. The van der Waals surface area contributed by atoms with Crippen LogP contribution in [0.5, 0.6) is 0 Å². The Labute approximate surface area is 115 Å². The molecule has 2 nitrogen and oxygen atoms in total. The largest absolute Gasteiger partial charge is 0.236 e. The first-order valence-electron chi connectivity index (χ1n) is 6.57. The predicted octanol–water partition coefficient (Wildman–Crippen LogP) is 4.29. The minimum absolute atomic E-state index is 0.126. The van der Waals surface area contributed by atoms with Crippen LogP contribution in [0, 0.1) is 17.5 Å². The molecule has 0 bridgehead atoms. The maximum atomic E-state index is 13.1. The summed E-state index contributed by atoms with van der Waals surface area (Å²) in [5.41, 5.74) is 1.10. The highest BCUT2D eigenvalue weighted by Crippen LogP contribution is 2.20. The molecule has 0 saturated heterocycles. The van der Waals surface area contributed by atoms with Gasteiger partial charge in [0.2, 0.25) is 0 Å². The molecule has 0 aliphatic rings. The topological polar surface area (TPSA) is 25.8 Å². The molecule has 0 aliphatic heterocycles. The number of nitrogens with zero attached hydrogens (tertiary/aromatic N) is 2. The normalized spacial score (nSPS) is 10.8. The van der Waals surface area contributed by atoms with E-state index in [1.54, 1.807) is 12.4 Å². The van der Waals surface area contributed by atoms with Crippen molar-refractivity contribution in [2.24, 2.45) is 0 Å². The van der Waals surface area contributed by atoms with Crippen molar-refractivity contribution in [3.8, 4) is 11.4 Å². The molecule has 1 aromatic heterocycles. The van der Waals surface area contributed by atoms with Gasteiger partial charge < -0.3 is 0 Å². The molecule has 1 heterocycles. The molecule has 2 aromatic rings. The van der Waals surface area contributed by atoms with Crippen LogP contribution in [0.2, 0.25) is 0 Å². The van der Waals surface area contributed by atoms with E-state index in [9.17, 15) is 13.2 Å². The number of rotatable bonds is 5. The van der Waals surface area contributed by atoms with E-state index in [1.807, 2.05) is 0 Å². The van der Waals surface area contributed by atoms with Crippen LogP contribution in [0.4, 0.5) is 13.2 Å². The summed E-state index contributed by atoms with van der Waals surface area (Å²) in [6.45, 7) is 2.12. The summed E-state index contributed by atoms with van der Waals surface area (Å²) in [5, 5.41) is 0. The molecule has 0 N–H and O–H groups in total. The summed E-state index contributed by atoms with van der Waals surface area (Å²) in [7, 11) is 0. The van der Waals surface area contributed by atoms with Crippen LogP contribution in [-0.4, -0.2) is 9.97 Å². The summed E-state index contributed by atoms with van der Waals surface area (Å²) in [6, 6.07) is 1.79. The van der Waals surface area contributed by atoms with Gasteiger partial charge in [-0.25, -0.2) is 23.1 Å². The minimum atomic E-state index is -1.48. The van der Waals surface area contributed by atoms with Gasteiger partial charge in [-0.05, 0) is 30.5 Å². The van der Waals surface area contributed by atoms with Crippen molar-refractivity contribution in [1.29, 1.82) is 0 Å². The SMILES string of the molecule is CCCCCc1cnc(-c2cc(F)c(F)c(F)c2)nc1. The zero-order valence-electron chi connectivity index (χ0n) is 11.2. The quantitative estimate of drug-likeness (QED) is 0.603. The third-order valence-electron chi connectivity index (χ3n) is 3.02. The van der Waals surface area contributed by atoms with E-state index in [2.05, 4.69) is 16.9 Å². The molecule has 0 fully saturated rings. The van der Waals surface area contributed by atoms with E-state index in [-0.39, 0.29) is 11.4 Å². The van der Waals surface area contributed by atoms with Crippen LogP contribution >= 0.6 is 0 Å². The predicted molar refractivity (Wildman–Crippen MR) is 70.6 cm³/mol.